The molecule has 1 aliphatic heterocycles. The summed E-state index contributed by atoms with van der Waals surface area (Å²) in [5, 5.41) is 13.2. The zero-order valence-electron chi connectivity index (χ0n) is 12.9. The third-order valence-electron chi connectivity index (χ3n) is 4.49. The second-order valence-electron chi connectivity index (χ2n) is 6.38. The highest BCUT2D eigenvalue weighted by Gasteiger charge is 2.34. The quantitative estimate of drug-likeness (QED) is 0.848. The molecule has 0 spiro atoms. The van der Waals surface area contributed by atoms with Gasteiger partial charge in [0.15, 0.2) is 11.5 Å². The van der Waals surface area contributed by atoms with Crippen molar-refractivity contribution in [2.75, 3.05) is 25.5 Å². The smallest absolute Gasteiger partial charge is 0.244 e. The van der Waals surface area contributed by atoms with Gasteiger partial charge in [-0.1, -0.05) is 0 Å². The van der Waals surface area contributed by atoms with E-state index in [0.717, 1.165) is 49.5 Å². The van der Waals surface area contributed by atoms with E-state index in [-0.39, 0.29) is 11.9 Å². The number of hydrogen-bond donors (Lipinski definition) is 0. The van der Waals surface area contributed by atoms with Gasteiger partial charge in [-0.3, -0.25) is 4.79 Å². The summed E-state index contributed by atoms with van der Waals surface area (Å²) in [5.74, 6) is 2.43. The van der Waals surface area contributed by atoms with Gasteiger partial charge in [0.05, 0.1) is 0 Å². The molecule has 1 atom stereocenters. The lowest BCUT2D eigenvalue weighted by Gasteiger charge is -2.26. The van der Waals surface area contributed by atoms with Gasteiger partial charge in [0.2, 0.25) is 5.91 Å². The summed E-state index contributed by atoms with van der Waals surface area (Å²) in [4.78, 5) is 16.1. The monoisotopic (exact) mass is 300 g/mol. The summed E-state index contributed by atoms with van der Waals surface area (Å²) in [5.41, 5.74) is 0.778. The van der Waals surface area contributed by atoms with Crippen molar-refractivity contribution in [3.63, 3.8) is 0 Å². The minimum atomic E-state index is -0.110. The molecule has 1 saturated heterocycles. The van der Waals surface area contributed by atoms with Gasteiger partial charge in [-0.15, -0.1) is 15.3 Å². The fraction of sp³-hybridized carbons (Fsp3) is 0.600. The molecule has 0 unspecified atom stereocenters. The first-order valence-corrected chi connectivity index (χ1v) is 7.85. The van der Waals surface area contributed by atoms with E-state index >= 15 is 0 Å². The average molecular weight is 300 g/mol. The van der Waals surface area contributed by atoms with Gasteiger partial charge in [-0.2, -0.15) is 4.52 Å². The summed E-state index contributed by atoms with van der Waals surface area (Å²) >= 11 is 0. The Kier molecular flexibility index (Phi) is 3.02. The molecule has 0 bridgehead atoms. The number of carbonyl (C=O) groups excluding carboxylic acids is 1. The van der Waals surface area contributed by atoms with E-state index in [0.29, 0.717) is 5.92 Å². The van der Waals surface area contributed by atoms with Crippen molar-refractivity contribution < 1.29 is 4.79 Å². The second kappa shape index (κ2) is 4.93. The Labute approximate surface area is 128 Å². The number of hydrogen-bond acceptors (Lipinski definition) is 5. The van der Waals surface area contributed by atoms with E-state index in [9.17, 15) is 4.79 Å². The molecule has 7 nitrogen and oxygen atoms in total. The first kappa shape index (κ1) is 13.5. The van der Waals surface area contributed by atoms with Crippen LogP contribution in [0.4, 0.5) is 5.82 Å². The number of carbonyl (C=O) groups is 1. The predicted octanol–water partition coefficient (Wildman–Crippen LogP) is 1.06. The lowest BCUT2D eigenvalue weighted by Crippen LogP contribution is -2.43. The highest BCUT2D eigenvalue weighted by atomic mass is 16.2. The Morgan fingerprint density at radius 1 is 1.23 bits per heavy atom. The van der Waals surface area contributed by atoms with Crippen molar-refractivity contribution in [1.82, 2.24) is 24.7 Å². The molecule has 0 aromatic carbocycles. The average Bonchev–Trinajstić information content (AvgIpc) is 3.10. The number of aromatic nitrogens is 4. The lowest BCUT2D eigenvalue weighted by molar-refractivity contribution is -0.129. The largest absolute Gasteiger partial charge is 0.347 e. The van der Waals surface area contributed by atoms with E-state index in [2.05, 4.69) is 15.1 Å². The minimum absolute atomic E-state index is 0.110. The highest BCUT2D eigenvalue weighted by molar-refractivity contribution is 5.85. The van der Waals surface area contributed by atoms with Crippen molar-refractivity contribution in [3.8, 4) is 0 Å². The molecule has 1 aliphatic carbocycles. The number of fused-ring (bicyclic) bond motifs is 1. The maximum atomic E-state index is 12.4. The van der Waals surface area contributed by atoms with Gasteiger partial charge in [0.25, 0.3) is 0 Å². The van der Waals surface area contributed by atoms with Crippen LogP contribution in [0.2, 0.25) is 0 Å². The topological polar surface area (TPSA) is 66.6 Å². The predicted molar refractivity (Wildman–Crippen MR) is 81.8 cm³/mol. The number of rotatable bonds is 3. The normalized spacial score (nSPS) is 21.5. The second-order valence-corrected chi connectivity index (χ2v) is 6.38. The van der Waals surface area contributed by atoms with Crippen LogP contribution in [0.1, 0.15) is 37.4 Å². The maximum absolute atomic E-state index is 12.4. The van der Waals surface area contributed by atoms with Crippen molar-refractivity contribution in [2.45, 2.75) is 37.6 Å². The summed E-state index contributed by atoms with van der Waals surface area (Å²) in [6.07, 6.45) is 4.23. The first-order valence-electron chi connectivity index (χ1n) is 7.85. The molecular weight excluding hydrogens is 280 g/mol. The van der Waals surface area contributed by atoms with E-state index in [1.165, 1.54) is 0 Å². The Bertz CT molecular complexity index is 720. The molecule has 3 heterocycles. The first-order chi connectivity index (χ1) is 10.6. The van der Waals surface area contributed by atoms with Crippen LogP contribution in [-0.4, -0.2) is 57.3 Å². The van der Waals surface area contributed by atoms with Crippen LogP contribution in [0.3, 0.4) is 0 Å². The van der Waals surface area contributed by atoms with Crippen LogP contribution < -0.4 is 4.90 Å². The van der Waals surface area contributed by atoms with Crippen LogP contribution in [0.25, 0.3) is 5.65 Å². The lowest BCUT2D eigenvalue weighted by atomic mass is 10.2. The van der Waals surface area contributed by atoms with Gasteiger partial charge in [0, 0.05) is 26.6 Å². The van der Waals surface area contributed by atoms with Crippen LogP contribution in [-0.2, 0) is 4.79 Å². The molecule has 0 radical (unpaired) electrons. The maximum Gasteiger partial charge on any atom is 0.244 e. The molecule has 1 saturated carbocycles. The summed E-state index contributed by atoms with van der Waals surface area (Å²) in [6, 6.07) is 3.78. The van der Waals surface area contributed by atoms with E-state index in [1.807, 2.05) is 16.6 Å². The number of nitrogens with zero attached hydrogens (tertiary/aromatic N) is 6. The molecule has 2 aromatic heterocycles. The Hall–Kier alpha value is -2.18. The summed E-state index contributed by atoms with van der Waals surface area (Å²) in [7, 11) is 3.61. The zero-order chi connectivity index (χ0) is 15.3. The van der Waals surface area contributed by atoms with Gasteiger partial charge in [-0.05, 0) is 37.8 Å². The number of amides is 1. The molecule has 116 valence electrons. The van der Waals surface area contributed by atoms with Crippen LogP contribution in [0, 0.1) is 0 Å². The van der Waals surface area contributed by atoms with Gasteiger partial charge in [-0.25, -0.2) is 0 Å². The molecule has 2 fully saturated rings. The van der Waals surface area contributed by atoms with Crippen LogP contribution >= 0.6 is 0 Å². The molecule has 2 aliphatic rings. The molecule has 2 aromatic rings. The van der Waals surface area contributed by atoms with Gasteiger partial charge in [0.1, 0.15) is 11.9 Å². The third-order valence-corrected chi connectivity index (χ3v) is 4.49. The molecule has 4 rings (SSSR count). The Morgan fingerprint density at radius 2 is 2.05 bits per heavy atom. The van der Waals surface area contributed by atoms with E-state index < -0.39 is 0 Å². The standard InChI is InChI=1S/C15H20N6O/c1-19(2)15(22)11-4-3-9-20(11)13-8-7-12-16-17-14(10-5-6-10)21(12)18-13/h7-8,10-11H,3-6,9H2,1-2H3/t11-/m0/s1. The number of likely N-dealkylation sites (N-methyl/N-ethyl adjacent to an activating group) is 1. The molecule has 1 amide bonds. The third kappa shape index (κ3) is 2.12. The molecule has 0 N–H and O–H groups in total. The molecule has 22 heavy (non-hydrogen) atoms. The summed E-state index contributed by atoms with van der Waals surface area (Å²) < 4.78 is 1.85. The summed E-state index contributed by atoms with van der Waals surface area (Å²) in [6.45, 7) is 0.865. The fourth-order valence-corrected chi connectivity index (χ4v) is 3.14. The van der Waals surface area contributed by atoms with E-state index in [1.54, 1.807) is 19.0 Å². The van der Waals surface area contributed by atoms with E-state index in [4.69, 9.17) is 5.10 Å². The molecule has 7 heteroatoms. The molecular formula is C15H20N6O. The van der Waals surface area contributed by atoms with Gasteiger partial charge < -0.3 is 9.80 Å². The SMILES string of the molecule is CN(C)C(=O)[C@@H]1CCCN1c1ccc2nnc(C3CC3)n2n1. The van der Waals surface area contributed by atoms with Crippen molar-refractivity contribution >= 4 is 17.4 Å². The van der Waals surface area contributed by atoms with Crippen molar-refractivity contribution in [1.29, 1.82) is 0 Å². The minimum Gasteiger partial charge on any atom is -0.347 e. The van der Waals surface area contributed by atoms with Crippen molar-refractivity contribution in [3.05, 3.63) is 18.0 Å². The van der Waals surface area contributed by atoms with Crippen molar-refractivity contribution in [2.24, 2.45) is 0 Å². The number of anilines is 1. The Morgan fingerprint density at radius 3 is 2.77 bits per heavy atom. The van der Waals surface area contributed by atoms with Crippen LogP contribution in [0.5, 0.6) is 0 Å². The van der Waals surface area contributed by atoms with Gasteiger partial charge >= 0.3 is 0 Å². The van der Waals surface area contributed by atoms with Crippen LogP contribution in [0.15, 0.2) is 12.1 Å². The highest BCUT2D eigenvalue weighted by Crippen LogP contribution is 2.39. The fourth-order valence-electron chi connectivity index (χ4n) is 3.14. The Balaban J connectivity index is 1.70. The zero-order valence-corrected chi connectivity index (χ0v) is 12.9.